The Kier molecular flexibility index (Phi) is 9.89. The van der Waals surface area contributed by atoms with Crippen LogP contribution in [0.1, 0.15) is 45.9 Å². The molecule has 10 heteroatoms. The summed E-state index contributed by atoms with van der Waals surface area (Å²) in [7, 11) is -2.22. The molecule has 0 aliphatic carbocycles. The minimum atomic E-state index is -3.78. The number of hydrogen-bond donors (Lipinski definition) is 0. The molecule has 0 N–H and O–H groups in total. The molecule has 2 amide bonds. The van der Waals surface area contributed by atoms with Gasteiger partial charge in [0.2, 0.25) is 10.0 Å². The second-order valence-electron chi connectivity index (χ2n) is 11.1. The zero-order valence-electron chi connectivity index (χ0n) is 26.0. The molecule has 1 aliphatic heterocycles. The Hall–Kier alpha value is -3.40. The van der Waals surface area contributed by atoms with Crippen LogP contribution in [-0.2, 0) is 32.6 Å². The third-order valence-electron chi connectivity index (χ3n) is 8.59. The third-order valence-corrected chi connectivity index (χ3v) is 11.0. The SMILES string of the molecule is CCc1ccccc1Oc1ccc(Cl)cc1CN(C)C(=O)C(=O)N1CCN(S(=O)(=O)c2c(C)c(C)c(C)c(C)c2C)CC1. The van der Waals surface area contributed by atoms with Crippen molar-refractivity contribution in [2.75, 3.05) is 33.2 Å². The van der Waals surface area contributed by atoms with Gasteiger partial charge in [-0.1, -0.05) is 36.7 Å². The van der Waals surface area contributed by atoms with Crippen LogP contribution in [0.4, 0.5) is 0 Å². The summed E-state index contributed by atoms with van der Waals surface area (Å²) in [5.41, 5.74) is 6.22. The largest absolute Gasteiger partial charge is 0.457 e. The summed E-state index contributed by atoms with van der Waals surface area (Å²) in [6, 6.07) is 12.9. The summed E-state index contributed by atoms with van der Waals surface area (Å²) in [6.45, 7) is 12.2. The standard InChI is InChI=1S/C33H40ClN3O5S/c1-8-26-11-9-10-12-29(26)42-30-14-13-28(34)19-27(30)20-35(7)32(38)33(39)36-15-17-37(18-16-36)43(40,41)31-24(5)22(3)21(2)23(4)25(31)6/h9-14,19H,8,15-18,20H2,1-7H3. The Morgan fingerprint density at radius 1 is 0.837 bits per heavy atom. The van der Waals surface area contributed by atoms with Gasteiger partial charge in [0.25, 0.3) is 0 Å². The van der Waals surface area contributed by atoms with Crippen LogP contribution in [0.2, 0.25) is 5.02 Å². The number of likely N-dealkylation sites (N-methyl/N-ethyl adjacent to an activating group) is 1. The average Bonchev–Trinajstić information content (AvgIpc) is 2.99. The summed E-state index contributed by atoms with van der Waals surface area (Å²) in [5.74, 6) is -0.0985. The van der Waals surface area contributed by atoms with E-state index in [1.807, 2.05) is 65.8 Å². The van der Waals surface area contributed by atoms with Crippen LogP contribution in [0, 0.1) is 34.6 Å². The van der Waals surface area contributed by atoms with E-state index in [-0.39, 0.29) is 32.7 Å². The van der Waals surface area contributed by atoms with E-state index < -0.39 is 21.8 Å². The Morgan fingerprint density at radius 2 is 1.40 bits per heavy atom. The monoisotopic (exact) mass is 625 g/mol. The van der Waals surface area contributed by atoms with Gasteiger partial charge in [-0.05, 0) is 98.7 Å². The smallest absolute Gasteiger partial charge is 0.312 e. The van der Waals surface area contributed by atoms with Crippen molar-refractivity contribution in [3.63, 3.8) is 0 Å². The third kappa shape index (κ3) is 6.59. The number of sulfonamides is 1. The molecule has 0 spiro atoms. The fraction of sp³-hybridized carbons (Fsp3) is 0.394. The molecule has 3 aromatic rings. The number of nitrogens with zero attached hydrogens (tertiary/aromatic N) is 3. The highest BCUT2D eigenvalue weighted by Gasteiger charge is 2.35. The summed E-state index contributed by atoms with van der Waals surface area (Å²) >= 11 is 6.28. The molecule has 0 aromatic heterocycles. The molecule has 1 aliphatic rings. The maximum absolute atomic E-state index is 13.7. The lowest BCUT2D eigenvalue weighted by molar-refractivity contribution is -0.152. The first-order valence-electron chi connectivity index (χ1n) is 14.4. The van der Waals surface area contributed by atoms with Gasteiger partial charge in [0.1, 0.15) is 11.5 Å². The number of benzene rings is 3. The van der Waals surface area contributed by atoms with Gasteiger partial charge in [-0.2, -0.15) is 4.31 Å². The zero-order valence-corrected chi connectivity index (χ0v) is 27.5. The maximum Gasteiger partial charge on any atom is 0.312 e. The number of halogens is 1. The first kappa shape index (κ1) is 32.5. The van der Waals surface area contributed by atoms with Crippen LogP contribution in [0.5, 0.6) is 11.5 Å². The van der Waals surface area contributed by atoms with Gasteiger partial charge >= 0.3 is 11.8 Å². The van der Waals surface area contributed by atoms with Crippen molar-refractivity contribution in [1.29, 1.82) is 0 Å². The van der Waals surface area contributed by atoms with Gasteiger partial charge in [-0.25, -0.2) is 8.42 Å². The lowest BCUT2D eigenvalue weighted by Crippen LogP contribution is -2.54. The molecule has 1 heterocycles. The number of amides is 2. The summed E-state index contributed by atoms with van der Waals surface area (Å²) in [5, 5.41) is 0.486. The van der Waals surface area contributed by atoms with Crippen LogP contribution >= 0.6 is 11.6 Å². The van der Waals surface area contributed by atoms with Crippen LogP contribution < -0.4 is 4.74 Å². The van der Waals surface area contributed by atoms with Crippen molar-refractivity contribution in [2.24, 2.45) is 0 Å². The lowest BCUT2D eigenvalue weighted by Gasteiger charge is -2.35. The number of ether oxygens (including phenoxy) is 1. The second-order valence-corrected chi connectivity index (χ2v) is 13.4. The van der Waals surface area contributed by atoms with Crippen molar-refractivity contribution in [3.8, 4) is 11.5 Å². The summed E-state index contributed by atoms with van der Waals surface area (Å²) in [4.78, 5) is 29.5. The highest BCUT2D eigenvalue weighted by Crippen LogP contribution is 2.33. The van der Waals surface area contributed by atoms with E-state index in [0.717, 1.165) is 39.8 Å². The second kappa shape index (κ2) is 13.1. The van der Waals surface area contributed by atoms with Crippen molar-refractivity contribution < 1.29 is 22.7 Å². The van der Waals surface area contributed by atoms with Crippen molar-refractivity contribution >= 4 is 33.4 Å². The molecule has 230 valence electrons. The average molecular weight is 626 g/mol. The maximum atomic E-state index is 13.7. The van der Waals surface area contributed by atoms with Crippen LogP contribution in [0.25, 0.3) is 0 Å². The van der Waals surface area contributed by atoms with E-state index >= 15 is 0 Å². The van der Waals surface area contributed by atoms with Crippen LogP contribution in [0.15, 0.2) is 47.4 Å². The fourth-order valence-corrected chi connectivity index (χ4v) is 7.70. The molecule has 0 saturated carbocycles. The van der Waals surface area contributed by atoms with Gasteiger partial charge in [0.05, 0.1) is 4.90 Å². The highest BCUT2D eigenvalue weighted by atomic mass is 35.5. The zero-order chi connectivity index (χ0) is 31.6. The quantitative estimate of drug-likeness (QED) is 0.313. The Balaban J connectivity index is 1.45. The number of carbonyl (C=O) groups excluding carboxylic acids is 2. The first-order valence-corrected chi connectivity index (χ1v) is 16.2. The van der Waals surface area contributed by atoms with E-state index in [1.54, 1.807) is 25.2 Å². The number of para-hydroxylation sites is 1. The number of rotatable bonds is 7. The normalized spacial score (nSPS) is 14.1. The van der Waals surface area contributed by atoms with Crippen LogP contribution in [0.3, 0.4) is 0 Å². The Morgan fingerprint density at radius 3 is 2.00 bits per heavy atom. The van der Waals surface area contributed by atoms with Crippen molar-refractivity contribution in [3.05, 3.63) is 86.4 Å². The highest BCUT2D eigenvalue weighted by molar-refractivity contribution is 7.89. The number of carbonyl (C=O) groups is 2. The molecule has 0 unspecified atom stereocenters. The van der Waals surface area contributed by atoms with Crippen molar-refractivity contribution in [2.45, 2.75) is 59.4 Å². The molecular weight excluding hydrogens is 586 g/mol. The van der Waals surface area contributed by atoms with Gasteiger partial charge in [-0.3, -0.25) is 9.59 Å². The van der Waals surface area contributed by atoms with E-state index in [4.69, 9.17) is 16.3 Å². The van der Waals surface area contributed by atoms with Gasteiger partial charge in [0.15, 0.2) is 0 Å². The van der Waals surface area contributed by atoms with Crippen LogP contribution in [-0.4, -0.2) is 67.6 Å². The molecule has 0 bridgehead atoms. The molecule has 1 saturated heterocycles. The van der Waals surface area contributed by atoms with E-state index in [2.05, 4.69) is 0 Å². The van der Waals surface area contributed by atoms with E-state index in [9.17, 15) is 18.0 Å². The minimum Gasteiger partial charge on any atom is -0.457 e. The Bertz CT molecular complexity index is 1630. The predicted octanol–water partition coefficient (Wildman–Crippen LogP) is 5.73. The van der Waals surface area contributed by atoms with E-state index in [1.165, 1.54) is 14.1 Å². The topological polar surface area (TPSA) is 87.2 Å². The first-order chi connectivity index (χ1) is 20.3. The molecule has 4 rings (SSSR count). The van der Waals surface area contributed by atoms with Gasteiger partial charge in [-0.15, -0.1) is 0 Å². The summed E-state index contributed by atoms with van der Waals surface area (Å²) < 4.78 is 35.1. The van der Waals surface area contributed by atoms with Gasteiger partial charge in [0, 0.05) is 50.4 Å². The predicted molar refractivity (Wildman–Crippen MR) is 169 cm³/mol. The van der Waals surface area contributed by atoms with Crippen molar-refractivity contribution in [1.82, 2.24) is 14.1 Å². The molecular formula is C33H40ClN3O5S. The molecule has 3 aromatic carbocycles. The van der Waals surface area contributed by atoms with E-state index in [0.29, 0.717) is 27.0 Å². The van der Waals surface area contributed by atoms with Gasteiger partial charge < -0.3 is 14.5 Å². The summed E-state index contributed by atoms with van der Waals surface area (Å²) in [6.07, 6.45) is 0.796. The fourth-order valence-electron chi connectivity index (χ4n) is 5.52. The number of hydrogen-bond acceptors (Lipinski definition) is 5. The molecule has 8 nitrogen and oxygen atoms in total. The molecule has 43 heavy (non-hydrogen) atoms. The number of piperazine rings is 1. The number of aryl methyl sites for hydroxylation is 1. The molecule has 0 radical (unpaired) electrons. The lowest BCUT2D eigenvalue weighted by atomic mass is 9.95. The molecule has 1 fully saturated rings. The Labute approximate surface area is 260 Å². The molecule has 0 atom stereocenters. The minimum absolute atomic E-state index is 0.105.